The summed E-state index contributed by atoms with van der Waals surface area (Å²) in [6.07, 6.45) is 2.60. The molecule has 0 radical (unpaired) electrons. The lowest BCUT2D eigenvalue weighted by Crippen LogP contribution is -2.46. The number of anilines is 2. The molecule has 1 amide bonds. The topological polar surface area (TPSA) is 153 Å². The van der Waals surface area contributed by atoms with Gasteiger partial charge in [-0.05, 0) is 24.8 Å². The molecule has 0 aliphatic carbocycles. The molecule has 0 fully saturated rings. The second-order valence-electron chi connectivity index (χ2n) is 8.47. The van der Waals surface area contributed by atoms with E-state index in [0.717, 1.165) is 31.4 Å². The quantitative estimate of drug-likeness (QED) is 0.240. The molecule has 0 aliphatic heterocycles. The largest absolute Gasteiger partial charge is 0.382 e. The molecule has 33 heavy (non-hydrogen) atoms. The Bertz CT molecular complexity index is 1030. The number of nitrogens with two attached hydrogens (primary N) is 2. The molecule has 10 nitrogen and oxygen atoms in total. The van der Waals surface area contributed by atoms with E-state index in [4.69, 9.17) is 23.1 Å². The minimum atomic E-state index is -3.33. The third-order valence-corrected chi connectivity index (χ3v) is 6.72. The summed E-state index contributed by atoms with van der Waals surface area (Å²) >= 11 is 5.82. The van der Waals surface area contributed by atoms with Gasteiger partial charge in [0.05, 0.1) is 39.5 Å². The van der Waals surface area contributed by atoms with Crippen molar-refractivity contribution < 1.29 is 17.7 Å². The number of nitrogens with one attached hydrogen (secondary N) is 2. The maximum absolute atomic E-state index is 12.3. The van der Waals surface area contributed by atoms with Crippen LogP contribution in [0.25, 0.3) is 0 Å². The number of aromatic nitrogens is 2. The fraction of sp³-hybridized carbons (Fsp3) is 0.476. The van der Waals surface area contributed by atoms with Crippen LogP contribution in [-0.2, 0) is 15.8 Å². The molecule has 0 saturated carbocycles. The van der Waals surface area contributed by atoms with Gasteiger partial charge in [-0.1, -0.05) is 41.9 Å². The van der Waals surface area contributed by atoms with Gasteiger partial charge < -0.3 is 21.3 Å². The predicted molar refractivity (Wildman–Crippen MR) is 131 cm³/mol. The summed E-state index contributed by atoms with van der Waals surface area (Å²) in [6, 6.07) is 9.11. The Kier molecular flexibility index (Phi) is 9.84. The Labute approximate surface area is 200 Å². The van der Waals surface area contributed by atoms with Gasteiger partial charge in [0.25, 0.3) is 5.91 Å². The van der Waals surface area contributed by atoms with Gasteiger partial charge in [0, 0.05) is 6.54 Å². The van der Waals surface area contributed by atoms with Crippen molar-refractivity contribution in [3.05, 3.63) is 46.7 Å². The highest BCUT2D eigenvalue weighted by Gasteiger charge is 2.18. The van der Waals surface area contributed by atoms with Crippen LogP contribution in [0, 0.1) is 0 Å². The molecule has 0 aliphatic rings. The number of quaternary nitrogens is 1. The molecule has 0 bridgehead atoms. The van der Waals surface area contributed by atoms with Crippen LogP contribution in [0.4, 0.5) is 11.6 Å². The molecule has 6 N–H and O–H groups in total. The molecular weight excluding hydrogens is 466 g/mol. The highest BCUT2D eigenvalue weighted by molar-refractivity contribution is 7.88. The zero-order valence-electron chi connectivity index (χ0n) is 19.1. The third kappa shape index (κ3) is 9.50. The minimum absolute atomic E-state index is 0.0106. The van der Waals surface area contributed by atoms with Gasteiger partial charge >= 0.3 is 0 Å². The van der Waals surface area contributed by atoms with Crippen LogP contribution in [0.15, 0.2) is 30.3 Å². The number of carbonyl (C=O) groups is 1. The Morgan fingerprint density at radius 1 is 1.00 bits per heavy atom. The number of amides is 1. The molecule has 2 rings (SSSR count). The monoisotopic (exact) mass is 498 g/mol. The number of hydrogen-bond acceptors (Lipinski definition) is 7. The van der Waals surface area contributed by atoms with Crippen LogP contribution >= 0.6 is 11.6 Å². The Balaban J connectivity index is 1.64. The van der Waals surface area contributed by atoms with Crippen molar-refractivity contribution in [2.24, 2.45) is 0 Å². The lowest BCUT2D eigenvalue weighted by Gasteiger charge is -2.30. The van der Waals surface area contributed by atoms with Gasteiger partial charge in [0.2, 0.25) is 10.0 Å². The number of sulfonamides is 1. The fourth-order valence-corrected chi connectivity index (χ4v) is 4.51. The van der Waals surface area contributed by atoms with E-state index in [1.165, 1.54) is 0 Å². The second kappa shape index (κ2) is 12.1. The van der Waals surface area contributed by atoms with E-state index in [0.29, 0.717) is 24.1 Å². The molecule has 1 aromatic carbocycles. The van der Waals surface area contributed by atoms with Gasteiger partial charge in [0.15, 0.2) is 22.5 Å². The van der Waals surface area contributed by atoms with Crippen molar-refractivity contribution >= 4 is 39.2 Å². The van der Waals surface area contributed by atoms with E-state index in [1.807, 2.05) is 18.2 Å². The van der Waals surface area contributed by atoms with Crippen molar-refractivity contribution in [2.45, 2.75) is 25.0 Å². The van der Waals surface area contributed by atoms with E-state index >= 15 is 0 Å². The van der Waals surface area contributed by atoms with Crippen LogP contribution in [0.2, 0.25) is 5.15 Å². The van der Waals surface area contributed by atoms with Crippen LogP contribution in [-0.4, -0.2) is 69.1 Å². The number of benzene rings is 1. The molecule has 0 spiro atoms. The van der Waals surface area contributed by atoms with Crippen LogP contribution in [0.5, 0.6) is 0 Å². The van der Waals surface area contributed by atoms with Crippen molar-refractivity contribution in [2.75, 3.05) is 51.7 Å². The second-order valence-corrected chi connectivity index (χ2v) is 10.6. The van der Waals surface area contributed by atoms with E-state index in [-0.39, 0.29) is 28.2 Å². The summed E-state index contributed by atoms with van der Waals surface area (Å²) in [6.45, 7) is 2.44. The summed E-state index contributed by atoms with van der Waals surface area (Å²) in [5, 5.41) is 2.71. The van der Waals surface area contributed by atoms with Crippen molar-refractivity contribution in [1.82, 2.24) is 20.0 Å². The Hall–Kier alpha value is -2.47. The molecule has 2 aromatic rings. The van der Waals surface area contributed by atoms with Crippen molar-refractivity contribution in [3.8, 4) is 0 Å². The Morgan fingerprint density at radius 3 is 2.39 bits per heavy atom. The molecule has 1 aromatic heterocycles. The number of rotatable bonds is 13. The number of unbranched alkanes of at least 4 members (excludes halogenated alkanes) is 2. The molecule has 182 valence electrons. The summed E-state index contributed by atoms with van der Waals surface area (Å²) in [5.41, 5.74) is 11.9. The lowest BCUT2D eigenvalue weighted by molar-refractivity contribution is -0.889. The third-order valence-electron chi connectivity index (χ3n) is 5.08. The van der Waals surface area contributed by atoms with Gasteiger partial charge in [0.1, 0.15) is 0 Å². The standard InChI is InChI=1S/C21H32ClN7O3S/c1-29(2,14-12-25-21(30)17-19(23)28-20(24)18(22)27-17)13-8-4-7-11-26-33(31,32)15-16-9-5-3-6-10-16/h3,5-6,9-10,26H,4,7-8,11-15H2,1-2H3,(H4-,23,24,25,28,30)/p+1. The number of nitrogen functional groups attached to an aromatic ring is 2. The first-order chi connectivity index (χ1) is 15.5. The van der Waals surface area contributed by atoms with Crippen molar-refractivity contribution in [1.29, 1.82) is 0 Å². The zero-order chi connectivity index (χ0) is 24.5. The highest BCUT2D eigenvalue weighted by Crippen LogP contribution is 2.17. The van der Waals surface area contributed by atoms with E-state index in [1.54, 1.807) is 12.1 Å². The zero-order valence-corrected chi connectivity index (χ0v) is 20.6. The van der Waals surface area contributed by atoms with E-state index < -0.39 is 15.9 Å². The first kappa shape index (κ1) is 26.8. The minimum Gasteiger partial charge on any atom is -0.382 e. The number of halogens is 1. The summed E-state index contributed by atoms with van der Waals surface area (Å²) < 4.78 is 27.6. The predicted octanol–water partition coefficient (Wildman–Crippen LogP) is 1.39. The van der Waals surface area contributed by atoms with Crippen LogP contribution in [0.1, 0.15) is 35.3 Å². The maximum atomic E-state index is 12.3. The van der Waals surface area contributed by atoms with E-state index in [9.17, 15) is 13.2 Å². The average molecular weight is 499 g/mol. The van der Waals surface area contributed by atoms with E-state index in [2.05, 4.69) is 34.1 Å². The molecule has 1 heterocycles. The molecule has 12 heteroatoms. The molecule has 0 atom stereocenters. The molecular formula is C21H33ClN7O3S+. The number of likely N-dealkylation sites (N-methyl/N-ethyl adjacent to an activating group) is 1. The first-order valence-corrected chi connectivity index (χ1v) is 12.7. The smallest absolute Gasteiger partial charge is 0.273 e. The number of nitrogens with zero attached hydrogens (tertiary/aromatic N) is 3. The number of hydrogen-bond donors (Lipinski definition) is 4. The lowest BCUT2D eigenvalue weighted by atomic mass is 10.2. The summed E-state index contributed by atoms with van der Waals surface area (Å²) in [7, 11) is 0.815. The van der Waals surface area contributed by atoms with Gasteiger partial charge in [-0.2, -0.15) is 0 Å². The van der Waals surface area contributed by atoms with Crippen molar-refractivity contribution in [3.63, 3.8) is 0 Å². The molecule has 0 saturated heterocycles. The Morgan fingerprint density at radius 2 is 1.70 bits per heavy atom. The fourth-order valence-electron chi connectivity index (χ4n) is 3.19. The van der Waals surface area contributed by atoms with Gasteiger partial charge in [-0.3, -0.25) is 4.79 Å². The number of carbonyl (C=O) groups excluding carboxylic acids is 1. The van der Waals surface area contributed by atoms with Crippen LogP contribution < -0.4 is 21.5 Å². The van der Waals surface area contributed by atoms with Gasteiger partial charge in [-0.25, -0.2) is 23.1 Å². The SMILES string of the molecule is C[N+](C)(CCCCCNS(=O)(=O)Cc1ccccc1)CCNC(=O)c1nc(Cl)c(N)nc1N. The summed E-state index contributed by atoms with van der Waals surface area (Å²) in [5.74, 6) is -0.553. The first-order valence-electron chi connectivity index (χ1n) is 10.7. The highest BCUT2D eigenvalue weighted by atomic mass is 35.5. The average Bonchev–Trinajstić information content (AvgIpc) is 2.73. The van der Waals surface area contributed by atoms with Crippen LogP contribution in [0.3, 0.4) is 0 Å². The summed E-state index contributed by atoms with van der Waals surface area (Å²) in [4.78, 5) is 20.0. The van der Waals surface area contributed by atoms with Gasteiger partial charge in [-0.15, -0.1) is 0 Å². The normalized spacial score (nSPS) is 12.0. The maximum Gasteiger partial charge on any atom is 0.273 e. The molecule has 0 unspecified atom stereocenters.